The summed E-state index contributed by atoms with van der Waals surface area (Å²) < 4.78 is 0. The quantitative estimate of drug-likeness (QED) is 0.847. The van der Waals surface area contributed by atoms with Gasteiger partial charge >= 0.3 is 0 Å². The lowest BCUT2D eigenvalue weighted by atomic mass is 10.0. The number of nitrogens with zero attached hydrogens (tertiary/aromatic N) is 1. The molecule has 0 unspecified atom stereocenters. The van der Waals surface area contributed by atoms with Crippen LogP contribution in [0.1, 0.15) is 31.7 Å². The van der Waals surface area contributed by atoms with Crippen molar-refractivity contribution in [1.82, 2.24) is 5.32 Å². The first-order chi connectivity index (χ1) is 8.18. The molecule has 1 aliphatic heterocycles. The van der Waals surface area contributed by atoms with Crippen LogP contribution in [0.4, 0.5) is 5.69 Å². The number of carbonyl (C=O) groups is 1. The Labute approximate surface area is 103 Å². The molecule has 0 bridgehead atoms. The molecule has 1 saturated heterocycles. The fourth-order valence-electron chi connectivity index (χ4n) is 2.28. The Morgan fingerprint density at radius 2 is 2.06 bits per heavy atom. The average molecular weight is 232 g/mol. The Bertz CT molecular complexity index is 401. The third kappa shape index (κ3) is 2.78. The number of anilines is 1. The van der Waals surface area contributed by atoms with E-state index in [0.717, 1.165) is 19.5 Å². The predicted octanol–water partition coefficient (Wildman–Crippen LogP) is 2.14. The maximum Gasteiger partial charge on any atom is 0.239 e. The highest BCUT2D eigenvalue weighted by atomic mass is 16.2. The highest BCUT2D eigenvalue weighted by Crippen LogP contribution is 2.27. The van der Waals surface area contributed by atoms with Gasteiger partial charge in [-0.3, -0.25) is 4.79 Å². The van der Waals surface area contributed by atoms with E-state index in [0.29, 0.717) is 12.5 Å². The second-order valence-corrected chi connectivity index (χ2v) is 4.84. The molecule has 0 radical (unpaired) electrons. The van der Waals surface area contributed by atoms with Crippen LogP contribution in [0.3, 0.4) is 0 Å². The predicted molar refractivity (Wildman–Crippen MR) is 70.4 cm³/mol. The van der Waals surface area contributed by atoms with Crippen molar-refractivity contribution >= 4 is 11.6 Å². The monoisotopic (exact) mass is 232 g/mol. The Morgan fingerprint density at radius 3 is 2.82 bits per heavy atom. The van der Waals surface area contributed by atoms with E-state index in [1.54, 1.807) is 0 Å². The molecular formula is C14H20N2O. The molecule has 92 valence electrons. The molecule has 3 heteroatoms. The first kappa shape index (κ1) is 12.0. The van der Waals surface area contributed by atoms with Gasteiger partial charge in [0.2, 0.25) is 5.91 Å². The standard InChI is InChI=1S/C14H20N2O/c1-11(2)12-6-3-4-7-13(12)16-9-5-8-15-14(17)10-16/h3-4,6-7,11H,5,8-10H2,1-2H3,(H,15,17). The summed E-state index contributed by atoms with van der Waals surface area (Å²) in [5.41, 5.74) is 2.53. The number of hydrogen-bond donors (Lipinski definition) is 1. The largest absolute Gasteiger partial charge is 0.362 e. The molecule has 0 aliphatic carbocycles. The number of amides is 1. The van der Waals surface area contributed by atoms with E-state index in [2.05, 4.69) is 42.3 Å². The third-order valence-corrected chi connectivity index (χ3v) is 3.16. The molecule has 0 saturated carbocycles. The van der Waals surface area contributed by atoms with Crippen LogP contribution < -0.4 is 10.2 Å². The zero-order valence-corrected chi connectivity index (χ0v) is 10.6. The SMILES string of the molecule is CC(C)c1ccccc1N1CCCNC(=O)C1. The van der Waals surface area contributed by atoms with Crippen molar-refractivity contribution in [1.29, 1.82) is 0 Å². The van der Waals surface area contributed by atoms with E-state index in [4.69, 9.17) is 0 Å². The van der Waals surface area contributed by atoms with Crippen molar-refractivity contribution in [2.24, 2.45) is 0 Å². The maximum atomic E-state index is 11.6. The Balaban J connectivity index is 2.28. The summed E-state index contributed by atoms with van der Waals surface area (Å²) in [5, 5.41) is 2.91. The highest BCUT2D eigenvalue weighted by molar-refractivity contribution is 5.82. The van der Waals surface area contributed by atoms with Crippen LogP contribution in [-0.2, 0) is 4.79 Å². The molecule has 1 aromatic carbocycles. The number of nitrogens with one attached hydrogen (secondary N) is 1. The Morgan fingerprint density at radius 1 is 1.29 bits per heavy atom. The van der Waals surface area contributed by atoms with Crippen molar-refractivity contribution in [3.63, 3.8) is 0 Å². The minimum absolute atomic E-state index is 0.126. The van der Waals surface area contributed by atoms with Crippen LogP contribution in [0.2, 0.25) is 0 Å². The minimum Gasteiger partial charge on any atom is -0.362 e. The first-order valence-electron chi connectivity index (χ1n) is 6.29. The molecule has 1 aliphatic rings. The van der Waals surface area contributed by atoms with Crippen molar-refractivity contribution in [2.45, 2.75) is 26.2 Å². The van der Waals surface area contributed by atoms with E-state index in [1.807, 2.05) is 6.07 Å². The second kappa shape index (κ2) is 5.21. The summed E-state index contributed by atoms with van der Waals surface area (Å²) in [6.07, 6.45) is 1.01. The summed E-state index contributed by atoms with van der Waals surface area (Å²) in [5.74, 6) is 0.610. The van der Waals surface area contributed by atoms with Crippen molar-refractivity contribution in [3.8, 4) is 0 Å². The van der Waals surface area contributed by atoms with Gasteiger partial charge in [0.25, 0.3) is 0 Å². The molecule has 1 heterocycles. The topological polar surface area (TPSA) is 32.3 Å². The van der Waals surface area contributed by atoms with Gasteiger partial charge in [-0.15, -0.1) is 0 Å². The van der Waals surface area contributed by atoms with Gasteiger partial charge in [-0.2, -0.15) is 0 Å². The van der Waals surface area contributed by atoms with Crippen LogP contribution in [0, 0.1) is 0 Å². The molecule has 1 aromatic rings. The molecular weight excluding hydrogens is 212 g/mol. The van der Waals surface area contributed by atoms with Gasteiger partial charge in [-0.25, -0.2) is 0 Å². The van der Waals surface area contributed by atoms with E-state index < -0.39 is 0 Å². The smallest absolute Gasteiger partial charge is 0.239 e. The van der Waals surface area contributed by atoms with Gasteiger partial charge in [0.05, 0.1) is 6.54 Å². The van der Waals surface area contributed by atoms with Crippen LogP contribution in [0.5, 0.6) is 0 Å². The molecule has 1 N–H and O–H groups in total. The van der Waals surface area contributed by atoms with Gasteiger partial charge < -0.3 is 10.2 Å². The third-order valence-electron chi connectivity index (χ3n) is 3.16. The van der Waals surface area contributed by atoms with Crippen molar-refractivity contribution < 1.29 is 4.79 Å². The molecule has 1 fully saturated rings. The molecule has 1 amide bonds. The lowest BCUT2D eigenvalue weighted by Crippen LogP contribution is -2.33. The normalized spacial score (nSPS) is 16.9. The maximum absolute atomic E-state index is 11.6. The summed E-state index contributed by atoms with van der Waals surface area (Å²) in [6, 6.07) is 8.39. The molecule has 0 spiro atoms. The molecule has 2 rings (SSSR count). The summed E-state index contributed by atoms with van der Waals surface area (Å²) in [6.45, 7) is 6.60. The van der Waals surface area contributed by atoms with Crippen molar-refractivity contribution in [2.75, 3.05) is 24.5 Å². The van der Waals surface area contributed by atoms with Gasteiger partial charge in [0, 0.05) is 18.8 Å². The lowest BCUT2D eigenvalue weighted by molar-refractivity contribution is -0.119. The molecule has 17 heavy (non-hydrogen) atoms. The average Bonchev–Trinajstić information content (AvgIpc) is 2.54. The minimum atomic E-state index is 0.126. The number of hydrogen-bond acceptors (Lipinski definition) is 2. The Kier molecular flexibility index (Phi) is 3.67. The molecule has 0 atom stereocenters. The zero-order chi connectivity index (χ0) is 12.3. The number of para-hydroxylation sites is 1. The van der Waals surface area contributed by atoms with Gasteiger partial charge in [-0.1, -0.05) is 32.0 Å². The fourth-order valence-corrected chi connectivity index (χ4v) is 2.28. The van der Waals surface area contributed by atoms with Crippen molar-refractivity contribution in [3.05, 3.63) is 29.8 Å². The Hall–Kier alpha value is -1.51. The van der Waals surface area contributed by atoms with Crippen LogP contribution in [0.15, 0.2) is 24.3 Å². The van der Waals surface area contributed by atoms with E-state index in [1.165, 1.54) is 11.3 Å². The number of carbonyl (C=O) groups excluding carboxylic acids is 1. The van der Waals surface area contributed by atoms with E-state index in [-0.39, 0.29) is 5.91 Å². The number of rotatable bonds is 2. The zero-order valence-electron chi connectivity index (χ0n) is 10.6. The summed E-state index contributed by atoms with van der Waals surface area (Å²) in [7, 11) is 0. The van der Waals surface area contributed by atoms with Gasteiger partial charge in [0.1, 0.15) is 0 Å². The molecule has 3 nitrogen and oxygen atoms in total. The molecule has 0 aromatic heterocycles. The first-order valence-corrected chi connectivity index (χ1v) is 6.29. The van der Waals surface area contributed by atoms with Crippen LogP contribution in [-0.4, -0.2) is 25.5 Å². The lowest BCUT2D eigenvalue weighted by Gasteiger charge is -2.25. The highest BCUT2D eigenvalue weighted by Gasteiger charge is 2.18. The van der Waals surface area contributed by atoms with Gasteiger partial charge in [-0.05, 0) is 24.0 Å². The second-order valence-electron chi connectivity index (χ2n) is 4.84. The summed E-state index contributed by atoms with van der Waals surface area (Å²) in [4.78, 5) is 13.8. The summed E-state index contributed by atoms with van der Waals surface area (Å²) >= 11 is 0. The van der Waals surface area contributed by atoms with Gasteiger partial charge in [0.15, 0.2) is 0 Å². The fraction of sp³-hybridized carbons (Fsp3) is 0.500. The van der Waals surface area contributed by atoms with E-state index >= 15 is 0 Å². The number of benzene rings is 1. The van der Waals surface area contributed by atoms with Crippen LogP contribution in [0.25, 0.3) is 0 Å². The van der Waals surface area contributed by atoms with E-state index in [9.17, 15) is 4.79 Å². The van der Waals surface area contributed by atoms with Crippen LogP contribution >= 0.6 is 0 Å².